The molecule has 0 radical (unpaired) electrons. The Balaban J connectivity index is 3.04. The number of hydrogen-bond acceptors (Lipinski definition) is 4. The van der Waals surface area contributed by atoms with Gasteiger partial charge in [-0.1, -0.05) is 26.7 Å². The number of unbranched alkanes of at least 4 members (excludes halogenated alkanes) is 2. The zero-order chi connectivity index (χ0) is 15.6. The fraction of sp³-hybridized carbons (Fsp3) is 0.938. The molecule has 0 unspecified atom stereocenters. The minimum absolute atomic E-state index is 0.142. The van der Waals surface area contributed by atoms with Crippen LogP contribution in [0.4, 0.5) is 0 Å². The quantitative estimate of drug-likeness (QED) is 0.445. The minimum atomic E-state index is 0.142. The highest BCUT2D eigenvalue weighted by atomic mass is 16.5. The summed E-state index contributed by atoms with van der Waals surface area (Å²) in [6.45, 7) is 8.87. The highest BCUT2D eigenvalue weighted by Gasteiger charge is 1.98. The standard InChI is InChI=1S/C16H33NO4/c1-3-5-8-16(18)17-9-7-11-20-13-15-21-14-12-19-10-6-4-2/h3-15H2,1-2H3,(H,17,18). The zero-order valence-corrected chi connectivity index (χ0v) is 13.8. The van der Waals surface area contributed by atoms with Crippen LogP contribution in [0.5, 0.6) is 0 Å². The van der Waals surface area contributed by atoms with Crippen molar-refractivity contribution in [2.75, 3.05) is 46.2 Å². The molecule has 5 nitrogen and oxygen atoms in total. The van der Waals surface area contributed by atoms with Gasteiger partial charge in [0.2, 0.25) is 5.91 Å². The van der Waals surface area contributed by atoms with Gasteiger partial charge in [-0.05, 0) is 19.3 Å². The van der Waals surface area contributed by atoms with E-state index in [-0.39, 0.29) is 5.91 Å². The number of carbonyl (C=O) groups is 1. The molecule has 0 aliphatic rings. The monoisotopic (exact) mass is 303 g/mol. The Labute approximate surface area is 129 Å². The van der Waals surface area contributed by atoms with E-state index < -0.39 is 0 Å². The molecule has 1 amide bonds. The first kappa shape index (κ1) is 20.3. The number of nitrogens with one attached hydrogen (secondary N) is 1. The van der Waals surface area contributed by atoms with Crippen molar-refractivity contribution in [3.63, 3.8) is 0 Å². The molecule has 0 atom stereocenters. The summed E-state index contributed by atoms with van der Waals surface area (Å²) in [6, 6.07) is 0. The summed E-state index contributed by atoms with van der Waals surface area (Å²) in [6.07, 6.45) is 5.76. The Morgan fingerprint density at radius 1 is 0.762 bits per heavy atom. The van der Waals surface area contributed by atoms with Crippen molar-refractivity contribution in [1.29, 1.82) is 0 Å². The second kappa shape index (κ2) is 17.4. The summed E-state index contributed by atoms with van der Waals surface area (Å²) in [4.78, 5) is 11.3. The predicted molar refractivity (Wildman–Crippen MR) is 84.5 cm³/mol. The summed E-state index contributed by atoms with van der Waals surface area (Å²) >= 11 is 0. The molecule has 0 spiro atoms. The molecule has 0 bridgehead atoms. The molecule has 0 rings (SSSR count). The third-order valence-electron chi connectivity index (χ3n) is 2.93. The molecule has 0 saturated heterocycles. The van der Waals surface area contributed by atoms with Crippen LogP contribution in [-0.4, -0.2) is 52.1 Å². The summed E-state index contributed by atoms with van der Waals surface area (Å²) in [5.41, 5.74) is 0. The van der Waals surface area contributed by atoms with Gasteiger partial charge in [0.25, 0.3) is 0 Å². The fourth-order valence-electron chi connectivity index (χ4n) is 1.62. The molecule has 0 aromatic rings. The molecule has 0 fully saturated rings. The first-order valence-electron chi connectivity index (χ1n) is 8.31. The maximum absolute atomic E-state index is 11.3. The van der Waals surface area contributed by atoms with Crippen LogP contribution in [0, 0.1) is 0 Å². The number of carbonyl (C=O) groups excluding carboxylic acids is 1. The highest BCUT2D eigenvalue weighted by Crippen LogP contribution is 1.93. The van der Waals surface area contributed by atoms with E-state index in [0.29, 0.717) is 46.0 Å². The predicted octanol–water partition coefficient (Wildman–Crippen LogP) is 2.53. The van der Waals surface area contributed by atoms with E-state index in [1.165, 1.54) is 0 Å². The van der Waals surface area contributed by atoms with Crippen LogP contribution in [0.25, 0.3) is 0 Å². The molecular formula is C16H33NO4. The lowest BCUT2D eigenvalue weighted by Crippen LogP contribution is -2.25. The summed E-state index contributed by atoms with van der Waals surface area (Å²) in [5, 5.41) is 2.89. The lowest BCUT2D eigenvalue weighted by Gasteiger charge is -2.07. The highest BCUT2D eigenvalue weighted by molar-refractivity contribution is 5.75. The molecule has 0 aliphatic carbocycles. The number of amides is 1. The van der Waals surface area contributed by atoms with Gasteiger partial charge >= 0.3 is 0 Å². The minimum Gasteiger partial charge on any atom is -0.379 e. The van der Waals surface area contributed by atoms with Gasteiger partial charge < -0.3 is 19.5 Å². The lowest BCUT2D eigenvalue weighted by atomic mass is 10.2. The van der Waals surface area contributed by atoms with Crippen LogP contribution >= 0.6 is 0 Å². The Hall–Kier alpha value is -0.650. The van der Waals surface area contributed by atoms with Crippen LogP contribution in [-0.2, 0) is 19.0 Å². The molecule has 0 aromatic heterocycles. The van der Waals surface area contributed by atoms with Gasteiger partial charge in [-0.15, -0.1) is 0 Å². The average Bonchev–Trinajstić information content (AvgIpc) is 2.49. The van der Waals surface area contributed by atoms with Crippen molar-refractivity contribution in [3.05, 3.63) is 0 Å². The van der Waals surface area contributed by atoms with Gasteiger partial charge in [-0.25, -0.2) is 0 Å². The number of rotatable bonds is 16. The van der Waals surface area contributed by atoms with Crippen molar-refractivity contribution >= 4 is 5.91 Å². The number of hydrogen-bond donors (Lipinski definition) is 1. The lowest BCUT2D eigenvalue weighted by molar-refractivity contribution is -0.121. The van der Waals surface area contributed by atoms with Crippen LogP contribution in [0.1, 0.15) is 52.4 Å². The third-order valence-corrected chi connectivity index (χ3v) is 2.93. The molecule has 0 saturated carbocycles. The van der Waals surface area contributed by atoms with Crippen LogP contribution in [0.3, 0.4) is 0 Å². The molecule has 1 N–H and O–H groups in total. The second-order valence-electron chi connectivity index (χ2n) is 5.00. The van der Waals surface area contributed by atoms with Crippen molar-refractivity contribution < 1.29 is 19.0 Å². The van der Waals surface area contributed by atoms with E-state index in [0.717, 1.165) is 38.7 Å². The van der Waals surface area contributed by atoms with Gasteiger partial charge in [0.05, 0.1) is 26.4 Å². The average molecular weight is 303 g/mol. The normalized spacial score (nSPS) is 10.8. The van der Waals surface area contributed by atoms with Crippen molar-refractivity contribution in [3.8, 4) is 0 Å². The van der Waals surface area contributed by atoms with E-state index in [9.17, 15) is 4.79 Å². The van der Waals surface area contributed by atoms with Gasteiger partial charge in [-0.2, -0.15) is 0 Å². The zero-order valence-electron chi connectivity index (χ0n) is 13.8. The van der Waals surface area contributed by atoms with Gasteiger partial charge in [-0.3, -0.25) is 4.79 Å². The van der Waals surface area contributed by atoms with Crippen molar-refractivity contribution in [1.82, 2.24) is 5.32 Å². The Morgan fingerprint density at radius 3 is 1.86 bits per heavy atom. The first-order chi connectivity index (χ1) is 10.3. The molecule has 0 heterocycles. The fourth-order valence-corrected chi connectivity index (χ4v) is 1.62. The maximum Gasteiger partial charge on any atom is 0.219 e. The third kappa shape index (κ3) is 17.3. The Morgan fingerprint density at radius 2 is 1.29 bits per heavy atom. The van der Waals surface area contributed by atoms with Crippen LogP contribution in [0.15, 0.2) is 0 Å². The topological polar surface area (TPSA) is 56.8 Å². The van der Waals surface area contributed by atoms with Gasteiger partial charge in [0.15, 0.2) is 0 Å². The van der Waals surface area contributed by atoms with E-state index in [1.54, 1.807) is 0 Å². The van der Waals surface area contributed by atoms with E-state index in [4.69, 9.17) is 14.2 Å². The van der Waals surface area contributed by atoms with Crippen molar-refractivity contribution in [2.24, 2.45) is 0 Å². The SMILES string of the molecule is CCCCOCCOCCOCCCNC(=O)CCCC. The molecular weight excluding hydrogens is 270 g/mol. The molecule has 0 aliphatic heterocycles. The first-order valence-corrected chi connectivity index (χ1v) is 8.31. The smallest absolute Gasteiger partial charge is 0.219 e. The molecule has 21 heavy (non-hydrogen) atoms. The summed E-state index contributed by atoms with van der Waals surface area (Å²) in [5.74, 6) is 0.142. The van der Waals surface area contributed by atoms with Crippen molar-refractivity contribution in [2.45, 2.75) is 52.4 Å². The van der Waals surface area contributed by atoms with E-state index in [2.05, 4.69) is 19.2 Å². The summed E-state index contributed by atoms with van der Waals surface area (Å²) in [7, 11) is 0. The largest absolute Gasteiger partial charge is 0.379 e. The summed E-state index contributed by atoms with van der Waals surface area (Å²) < 4.78 is 16.2. The molecule has 126 valence electrons. The number of ether oxygens (including phenoxy) is 3. The second-order valence-corrected chi connectivity index (χ2v) is 5.00. The van der Waals surface area contributed by atoms with Crippen LogP contribution in [0.2, 0.25) is 0 Å². The molecule has 0 aromatic carbocycles. The Bertz CT molecular complexity index is 224. The molecule has 5 heteroatoms. The Kier molecular flexibility index (Phi) is 16.9. The maximum atomic E-state index is 11.3. The van der Waals surface area contributed by atoms with E-state index in [1.807, 2.05) is 0 Å². The van der Waals surface area contributed by atoms with Gasteiger partial charge in [0, 0.05) is 26.2 Å². The van der Waals surface area contributed by atoms with E-state index >= 15 is 0 Å². The van der Waals surface area contributed by atoms with Gasteiger partial charge in [0.1, 0.15) is 0 Å². The van der Waals surface area contributed by atoms with Crippen LogP contribution < -0.4 is 5.32 Å².